The van der Waals surface area contributed by atoms with Gasteiger partial charge in [-0.05, 0) is 35.7 Å². The third-order valence-corrected chi connectivity index (χ3v) is 4.52. The van der Waals surface area contributed by atoms with Crippen LogP contribution in [0, 0.1) is 16.0 Å². The van der Waals surface area contributed by atoms with E-state index >= 15 is 0 Å². The fraction of sp³-hybridized carbons (Fsp3) is 0.350. The molecule has 0 fully saturated rings. The van der Waals surface area contributed by atoms with Crippen LogP contribution in [0.1, 0.15) is 29.8 Å². The van der Waals surface area contributed by atoms with Crippen LogP contribution in [0.3, 0.4) is 0 Å². The van der Waals surface area contributed by atoms with Gasteiger partial charge in [0.05, 0.1) is 18.3 Å². The van der Waals surface area contributed by atoms with Gasteiger partial charge in [-0.15, -0.1) is 0 Å². The summed E-state index contributed by atoms with van der Waals surface area (Å²) < 4.78 is 33.2. The quantitative estimate of drug-likeness (QED) is 0.336. The van der Waals surface area contributed by atoms with Crippen molar-refractivity contribution in [3.8, 4) is 11.5 Å². The Bertz CT molecular complexity index is 1020. The van der Waals surface area contributed by atoms with E-state index in [4.69, 9.17) is 8.92 Å². The van der Waals surface area contributed by atoms with Gasteiger partial charge in [-0.3, -0.25) is 14.9 Å². The van der Waals surface area contributed by atoms with Gasteiger partial charge in [0, 0.05) is 30.8 Å². The fourth-order valence-corrected chi connectivity index (χ4v) is 3.29. The van der Waals surface area contributed by atoms with E-state index in [0.29, 0.717) is 17.7 Å². The monoisotopic (exact) mass is 436 g/mol. The van der Waals surface area contributed by atoms with Gasteiger partial charge >= 0.3 is 10.1 Å². The van der Waals surface area contributed by atoms with Crippen LogP contribution in [0.15, 0.2) is 42.5 Å². The highest BCUT2D eigenvalue weighted by Gasteiger charge is 2.20. The lowest BCUT2D eigenvalue weighted by Crippen LogP contribution is -2.33. The van der Waals surface area contributed by atoms with Crippen LogP contribution >= 0.6 is 0 Å². The Morgan fingerprint density at radius 3 is 2.27 bits per heavy atom. The van der Waals surface area contributed by atoms with Crippen LogP contribution < -0.4 is 8.92 Å². The molecule has 0 unspecified atom stereocenters. The average molecular weight is 436 g/mol. The van der Waals surface area contributed by atoms with E-state index in [0.717, 1.165) is 6.26 Å². The number of ether oxygens (including phenoxy) is 1. The number of nitro groups is 1. The first-order chi connectivity index (χ1) is 14.0. The van der Waals surface area contributed by atoms with Crippen molar-refractivity contribution < 1.29 is 27.1 Å². The average Bonchev–Trinajstić information content (AvgIpc) is 2.65. The fourth-order valence-electron chi connectivity index (χ4n) is 2.84. The van der Waals surface area contributed by atoms with Crippen molar-refractivity contribution in [2.75, 3.05) is 19.9 Å². The number of carbonyl (C=O) groups is 1. The minimum absolute atomic E-state index is 0.0322. The van der Waals surface area contributed by atoms with Gasteiger partial charge in [-0.2, -0.15) is 8.42 Å². The molecule has 10 heteroatoms. The van der Waals surface area contributed by atoms with Crippen LogP contribution in [0.25, 0.3) is 0 Å². The van der Waals surface area contributed by atoms with Crippen LogP contribution in [0.2, 0.25) is 0 Å². The largest absolute Gasteiger partial charge is 0.493 e. The van der Waals surface area contributed by atoms with Crippen LogP contribution in [-0.2, 0) is 16.7 Å². The molecule has 0 saturated carbocycles. The number of methoxy groups -OCH3 is 1. The predicted octanol–water partition coefficient (Wildman–Crippen LogP) is 3.24. The smallest absolute Gasteiger partial charge is 0.306 e. The molecule has 9 nitrogen and oxygen atoms in total. The molecular weight excluding hydrogens is 412 g/mol. The Hall–Kier alpha value is -3.14. The van der Waals surface area contributed by atoms with E-state index in [2.05, 4.69) is 0 Å². The highest BCUT2D eigenvalue weighted by atomic mass is 32.2. The molecule has 1 amide bonds. The van der Waals surface area contributed by atoms with E-state index in [-0.39, 0.29) is 35.6 Å². The van der Waals surface area contributed by atoms with Crippen LogP contribution in [0.4, 0.5) is 5.69 Å². The van der Waals surface area contributed by atoms with Crippen molar-refractivity contribution in [2.45, 2.75) is 20.4 Å². The molecule has 2 rings (SSSR count). The molecule has 0 aromatic heterocycles. The zero-order chi connectivity index (χ0) is 22.5. The summed E-state index contributed by atoms with van der Waals surface area (Å²) in [6.45, 7) is 4.55. The van der Waals surface area contributed by atoms with Gasteiger partial charge in [0.25, 0.3) is 11.6 Å². The van der Waals surface area contributed by atoms with Gasteiger partial charge in [-0.1, -0.05) is 19.9 Å². The highest BCUT2D eigenvalue weighted by molar-refractivity contribution is 7.86. The molecule has 162 valence electrons. The van der Waals surface area contributed by atoms with E-state index in [1.807, 2.05) is 13.8 Å². The molecule has 30 heavy (non-hydrogen) atoms. The Balaban J connectivity index is 2.32. The third-order valence-electron chi connectivity index (χ3n) is 4.04. The first-order valence-corrected chi connectivity index (χ1v) is 10.9. The summed E-state index contributed by atoms with van der Waals surface area (Å²) in [5.41, 5.74) is 0.868. The summed E-state index contributed by atoms with van der Waals surface area (Å²) in [5, 5.41) is 10.8. The number of hydrogen-bond acceptors (Lipinski definition) is 7. The molecule has 0 aliphatic heterocycles. The molecule has 0 N–H and O–H groups in total. The summed E-state index contributed by atoms with van der Waals surface area (Å²) in [4.78, 5) is 24.9. The first-order valence-electron chi connectivity index (χ1n) is 9.10. The van der Waals surface area contributed by atoms with Gasteiger partial charge in [0.1, 0.15) is 0 Å². The normalized spacial score (nSPS) is 11.2. The molecule has 0 radical (unpaired) electrons. The van der Waals surface area contributed by atoms with Crippen molar-refractivity contribution in [3.63, 3.8) is 0 Å². The zero-order valence-electron chi connectivity index (χ0n) is 17.2. The topological polar surface area (TPSA) is 116 Å². The minimum atomic E-state index is -3.76. The Morgan fingerprint density at radius 2 is 1.77 bits per heavy atom. The van der Waals surface area contributed by atoms with E-state index in [1.165, 1.54) is 37.4 Å². The van der Waals surface area contributed by atoms with E-state index < -0.39 is 15.0 Å². The molecule has 2 aromatic carbocycles. The van der Waals surface area contributed by atoms with Crippen molar-refractivity contribution in [3.05, 3.63) is 63.7 Å². The first kappa shape index (κ1) is 23.1. The maximum absolute atomic E-state index is 13.0. The summed E-state index contributed by atoms with van der Waals surface area (Å²) >= 11 is 0. The standard InChI is InChI=1S/C20H24N2O7S/c1-14(2)12-21(20(23)16-6-8-17(9-7-16)22(24)25)13-15-5-10-18(28-3)19(11-15)29-30(4,26)27/h5-11,14H,12-13H2,1-4H3. The van der Waals surface area contributed by atoms with Crippen LogP contribution in [0.5, 0.6) is 11.5 Å². The Morgan fingerprint density at radius 1 is 1.13 bits per heavy atom. The molecule has 0 spiro atoms. The lowest BCUT2D eigenvalue weighted by atomic mass is 10.1. The Labute approximate surface area is 175 Å². The maximum Gasteiger partial charge on any atom is 0.306 e. The van der Waals surface area contributed by atoms with Gasteiger partial charge in [0.15, 0.2) is 11.5 Å². The van der Waals surface area contributed by atoms with Gasteiger partial charge < -0.3 is 13.8 Å². The number of carbonyl (C=O) groups excluding carboxylic acids is 1. The number of nitrogens with zero attached hydrogens (tertiary/aromatic N) is 2. The third kappa shape index (κ3) is 6.45. The molecular formula is C20H24N2O7S. The van der Waals surface area contributed by atoms with Crippen molar-refractivity contribution in [1.29, 1.82) is 0 Å². The SMILES string of the molecule is COc1ccc(CN(CC(C)C)C(=O)c2ccc([N+](=O)[O-])cc2)cc1OS(C)(=O)=O. The number of hydrogen-bond donors (Lipinski definition) is 0. The number of amides is 1. The second-order valence-electron chi connectivity index (χ2n) is 7.16. The zero-order valence-corrected chi connectivity index (χ0v) is 18.0. The molecule has 2 aromatic rings. The maximum atomic E-state index is 13.0. The molecule has 0 heterocycles. The molecule has 0 aliphatic rings. The van der Waals surface area contributed by atoms with Gasteiger partial charge in [-0.25, -0.2) is 0 Å². The summed E-state index contributed by atoms with van der Waals surface area (Å²) in [6, 6.07) is 10.2. The summed E-state index contributed by atoms with van der Waals surface area (Å²) in [6.07, 6.45) is 0.933. The van der Waals surface area contributed by atoms with Crippen molar-refractivity contribution in [2.24, 2.45) is 5.92 Å². The number of rotatable bonds is 9. The summed E-state index contributed by atoms with van der Waals surface area (Å²) in [5.74, 6) is 0.156. The Kier molecular flexibility index (Phi) is 7.38. The van der Waals surface area contributed by atoms with Crippen molar-refractivity contribution in [1.82, 2.24) is 4.90 Å². The van der Waals surface area contributed by atoms with E-state index in [1.54, 1.807) is 17.0 Å². The second kappa shape index (κ2) is 9.57. The highest BCUT2D eigenvalue weighted by Crippen LogP contribution is 2.30. The van der Waals surface area contributed by atoms with Crippen LogP contribution in [-0.4, -0.2) is 44.1 Å². The van der Waals surface area contributed by atoms with Gasteiger partial charge in [0.2, 0.25) is 0 Å². The van der Waals surface area contributed by atoms with E-state index in [9.17, 15) is 23.3 Å². The predicted molar refractivity (Wildman–Crippen MR) is 111 cm³/mol. The number of benzene rings is 2. The second-order valence-corrected chi connectivity index (χ2v) is 8.73. The molecule has 0 aliphatic carbocycles. The lowest BCUT2D eigenvalue weighted by molar-refractivity contribution is -0.384. The summed E-state index contributed by atoms with van der Waals surface area (Å²) in [7, 11) is -2.36. The van der Waals surface area contributed by atoms with Crippen molar-refractivity contribution >= 4 is 21.7 Å². The lowest BCUT2D eigenvalue weighted by Gasteiger charge is -2.25. The molecule has 0 saturated heterocycles. The number of non-ortho nitro benzene ring substituents is 1. The number of nitro benzene ring substituents is 1. The molecule has 0 bridgehead atoms. The minimum Gasteiger partial charge on any atom is -0.493 e. The molecule has 0 atom stereocenters.